The smallest absolute Gasteiger partial charge is 0.306 e. The second-order valence-corrected chi connectivity index (χ2v) is 5.36. The van der Waals surface area contributed by atoms with Gasteiger partial charge in [0, 0.05) is 17.7 Å². The molecule has 0 heterocycles. The van der Waals surface area contributed by atoms with E-state index < -0.39 is 5.97 Å². The van der Waals surface area contributed by atoms with Gasteiger partial charge in [0.1, 0.15) is 0 Å². The average molecular weight is 325 g/mol. The normalized spacial score (nSPS) is 10.0. The molecule has 2 aromatic rings. The van der Waals surface area contributed by atoms with Crippen LogP contribution in [-0.4, -0.2) is 24.3 Å². The first-order valence-corrected chi connectivity index (χ1v) is 7.65. The summed E-state index contributed by atoms with van der Waals surface area (Å²) >= 11 is 0. The van der Waals surface area contributed by atoms with Crippen LogP contribution in [0.25, 0.3) is 0 Å². The monoisotopic (exact) mass is 325 g/mol. The maximum Gasteiger partial charge on any atom is 0.306 e. The van der Waals surface area contributed by atoms with E-state index in [0.29, 0.717) is 11.3 Å². The van der Waals surface area contributed by atoms with Crippen molar-refractivity contribution in [3.05, 3.63) is 65.7 Å². The molecule has 0 aliphatic carbocycles. The highest BCUT2D eigenvalue weighted by Crippen LogP contribution is 2.09. The Kier molecular flexibility index (Phi) is 6.25. The van der Waals surface area contributed by atoms with Gasteiger partial charge in [0.15, 0.2) is 12.4 Å². The maximum absolute atomic E-state index is 11.8. The third-order valence-corrected chi connectivity index (χ3v) is 3.35. The maximum atomic E-state index is 11.8. The number of carbonyl (C=O) groups is 3. The van der Waals surface area contributed by atoms with Gasteiger partial charge in [-0.15, -0.1) is 0 Å². The number of ether oxygens (including phenoxy) is 1. The summed E-state index contributed by atoms with van der Waals surface area (Å²) in [5.41, 5.74) is 2.26. The number of benzene rings is 2. The number of carbonyl (C=O) groups excluding carboxylic acids is 3. The quantitative estimate of drug-likeness (QED) is 0.627. The molecule has 5 heteroatoms. The number of nitrogens with one attached hydrogen (secondary N) is 1. The molecule has 2 aromatic carbocycles. The molecular formula is C19H19NO4. The molecule has 0 atom stereocenters. The lowest BCUT2D eigenvalue weighted by Gasteiger charge is -2.06. The van der Waals surface area contributed by atoms with Gasteiger partial charge >= 0.3 is 5.97 Å². The second kappa shape index (κ2) is 8.62. The molecule has 24 heavy (non-hydrogen) atoms. The molecule has 124 valence electrons. The van der Waals surface area contributed by atoms with Gasteiger partial charge in [-0.25, -0.2) is 0 Å². The van der Waals surface area contributed by atoms with Crippen molar-refractivity contribution < 1.29 is 19.1 Å². The van der Waals surface area contributed by atoms with Gasteiger partial charge in [0.05, 0.1) is 6.42 Å². The fourth-order valence-corrected chi connectivity index (χ4v) is 2.00. The van der Waals surface area contributed by atoms with Crippen molar-refractivity contribution >= 4 is 23.3 Å². The number of rotatable bonds is 7. The predicted molar refractivity (Wildman–Crippen MR) is 90.8 cm³/mol. The van der Waals surface area contributed by atoms with Gasteiger partial charge in [-0.05, 0) is 19.1 Å². The molecule has 0 radical (unpaired) electrons. The second-order valence-electron chi connectivity index (χ2n) is 5.36. The first kappa shape index (κ1) is 17.4. The Morgan fingerprint density at radius 2 is 1.58 bits per heavy atom. The Bertz CT molecular complexity index is 708. The Balaban J connectivity index is 1.70. The van der Waals surface area contributed by atoms with E-state index in [-0.39, 0.29) is 31.1 Å². The molecule has 1 amide bonds. The largest absolute Gasteiger partial charge is 0.457 e. The zero-order chi connectivity index (χ0) is 17.4. The number of hydrogen-bond acceptors (Lipinski definition) is 4. The molecule has 0 bridgehead atoms. The number of Topliss-reactive ketones (excluding diaryl/α,β-unsaturated/α-hetero) is 1. The predicted octanol–water partition coefficient (Wildman–Crippen LogP) is 3.14. The van der Waals surface area contributed by atoms with E-state index in [2.05, 4.69) is 5.32 Å². The standard InChI is InChI=1S/C19H19NO4/c1-14-7-9-16(10-8-14)20-18(22)11-12-19(23)24-13-17(21)15-5-3-2-4-6-15/h2-10H,11-13H2,1H3,(H,20,22). The Morgan fingerprint density at radius 1 is 0.917 bits per heavy atom. The molecule has 0 unspecified atom stereocenters. The van der Waals surface area contributed by atoms with Gasteiger partial charge in [0.25, 0.3) is 0 Å². The van der Waals surface area contributed by atoms with Crippen molar-refractivity contribution in [2.75, 3.05) is 11.9 Å². The number of hydrogen-bond donors (Lipinski definition) is 1. The molecule has 0 aliphatic heterocycles. The van der Waals surface area contributed by atoms with Gasteiger partial charge in [-0.1, -0.05) is 48.0 Å². The summed E-state index contributed by atoms with van der Waals surface area (Å²) in [7, 11) is 0. The van der Waals surface area contributed by atoms with Crippen LogP contribution < -0.4 is 5.32 Å². The Hall–Kier alpha value is -2.95. The lowest BCUT2D eigenvalue weighted by atomic mass is 10.1. The van der Waals surface area contributed by atoms with E-state index in [1.165, 1.54) is 0 Å². The summed E-state index contributed by atoms with van der Waals surface area (Å²) in [5, 5.41) is 2.70. The SMILES string of the molecule is Cc1ccc(NC(=O)CCC(=O)OCC(=O)c2ccccc2)cc1. The van der Waals surface area contributed by atoms with E-state index in [4.69, 9.17) is 4.74 Å². The molecule has 0 aromatic heterocycles. The van der Waals surface area contributed by atoms with Crippen LogP contribution in [0.3, 0.4) is 0 Å². The lowest BCUT2D eigenvalue weighted by Crippen LogP contribution is -2.17. The summed E-state index contributed by atoms with van der Waals surface area (Å²) in [6.45, 7) is 1.64. The van der Waals surface area contributed by atoms with Crippen molar-refractivity contribution in [3.8, 4) is 0 Å². The van der Waals surface area contributed by atoms with Gasteiger partial charge in [0.2, 0.25) is 5.91 Å². The van der Waals surface area contributed by atoms with Gasteiger partial charge in [-0.2, -0.15) is 0 Å². The number of amides is 1. The number of anilines is 1. The van der Waals surface area contributed by atoms with Crippen LogP contribution >= 0.6 is 0 Å². The molecular weight excluding hydrogens is 306 g/mol. The van der Waals surface area contributed by atoms with Crippen LogP contribution in [0, 0.1) is 6.92 Å². The summed E-state index contributed by atoms with van der Waals surface area (Å²) in [5.74, 6) is -1.11. The van der Waals surface area contributed by atoms with Crippen molar-refractivity contribution in [2.45, 2.75) is 19.8 Å². The fourth-order valence-electron chi connectivity index (χ4n) is 2.00. The minimum absolute atomic E-state index is 0.00619. The van der Waals surface area contributed by atoms with E-state index in [9.17, 15) is 14.4 Å². The lowest BCUT2D eigenvalue weighted by molar-refractivity contribution is -0.143. The van der Waals surface area contributed by atoms with E-state index in [1.807, 2.05) is 19.1 Å². The Labute approximate surface area is 140 Å². The zero-order valence-electron chi connectivity index (χ0n) is 13.5. The van der Waals surface area contributed by atoms with Crippen molar-refractivity contribution in [2.24, 2.45) is 0 Å². The fraction of sp³-hybridized carbons (Fsp3) is 0.211. The molecule has 0 saturated carbocycles. The van der Waals surface area contributed by atoms with Crippen LogP contribution in [0.5, 0.6) is 0 Å². The van der Waals surface area contributed by atoms with Gasteiger partial charge in [-0.3, -0.25) is 14.4 Å². The van der Waals surface area contributed by atoms with Crippen molar-refractivity contribution in [3.63, 3.8) is 0 Å². The number of ketones is 1. The van der Waals surface area contributed by atoms with E-state index in [0.717, 1.165) is 5.56 Å². The first-order chi connectivity index (χ1) is 11.5. The summed E-state index contributed by atoms with van der Waals surface area (Å²) < 4.78 is 4.91. The summed E-state index contributed by atoms with van der Waals surface area (Å²) in [4.78, 5) is 35.2. The van der Waals surface area contributed by atoms with Crippen molar-refractivity contribution in [1.29, 1.82) is 0 Å². The van der Waals surface area contributed by atoms with Crippen LogP contribution in [0.2, 0.25) is 0 Å². The van der Waals surface area contributed by atoms with E-state index >= 15 is 0 Å². The highest BCUT2D eigenvalue weighted by atomic mass is 16.5. The van der Waals surface area contributed by atoms with Crippen LogP contribution in [-0.2, 0) is 14.3 Å². The summed E-state index contributed by atoms with van der Waals surface area (Å²) in [6, 6.07) is 16.0. The number of esters is 1. The van der Waals surface area contributed by atoms with Crippen LogP contribution in [0.4, 0.5) is 5.69 Å². The average Bonchev–Trinajstić information content (AvgIpc) is 2.60. The first-order valence-electron chi connectivity index (χ1n) is 7.65. The molecule has 0 aliphatic rings. The molecule has 1 N–H and O–H groups in total. The minimum Gasteiger partial charge on any atom is -0.457 e. The van der Waals surface area contributed by atoms with Gasteiger partial charge < -0.3 is 10.1 Å². The molecule has 5 nitrogen and oxygen atoms in total. The zero-order valence-corrected chi connectivity index (χ0v) is 13.5. The van der Waals surface area contributed by atoms with Crippen LogP contribution in [0.1, 0.15) is 28.8 Å². The highest BCUT2D eigenvalue weighted by molar-refractivity contribution is 5.98. The third kappa shape index (κ3) is 5.68. The van der Waals surface area contributed by atoms with Crippen LogP contribution in [0.15, 0.2) is 54.6 Å². The highest BCUT2D eigenvalue weighted by Gasteiger charge is 2.11. The Morgan fingerprint density at radius 3 is 2.25 bits per heavy atom. The molecule has 0 saturated heterocycles. The third-order valence-electron chi connectivity index (χ3n) is 3.35. The topological polar surface area (TPSA) is 72.5 Å². The summed E-state index contributed by atoms with van der Waals surface area (Å²) in [6.07, 6.45) is -0.0635. The number of aryl methyl sites for hydroxylation is 1. The molecule has 0 spiro atoms. The minimum atomic E-state index is -0.571. The molecule has 0 fully saturated rings. The molecule has 2 rings (SSSR count). The van der Waals surface area contributed by atoms with E-state index in [1.54, 1.807) is 42.5 Å². The van der Waals surface area contributed by atoms with Crippen molar-refractivity contribution in [1.82, 2.24) is 0 Å².